The van der Waals surface area contributed by atoms with Crippen molar-refractivity contribution >= 4 is 11.7 Å². The summed E-state index contributed by atoms with van der Waals surface area (Å²) in [5.74, 6) is -0.426. The number of hydrogen-bond donors (Lipinski definition) is 2. The first kappa shape index (κ1) is 19.0. The second kappa shape index (κ2) is 7.12. The first-order valence-corrected chi connectivity index (χ1v) is 8.83. The fourth-order valence-electron chi connectivity index (χ4n) is 3.16. The molecule has 1 amide bonds. The zero-order valence-electron chi connectivity index (χ0n) is 15.5. The van der Waals surface area contributed by atoms with Gasteiger partial charge in [0, 0.05) is 23.1 Å². The van der Waals surface area contributed by atoms with E-state index in [-0.39, 0.29) is 11.3 Å². The summed E-state index contributed by atoms with van der Waals surface area (Å²) < 4.78 is 19.0. The smallest absolute Gasteiger partial charge is 0.251 e. The standard InChI is InChI=1S/C21H22FNO4/c1-4-16(24)13-7-10-17-15(11-13)18(19(25)21(2,3)27-17)23-20(26)12-5-8-14(22)9-6-12/h5-11,18-19,25H,4H2,1-3H3,(H,23,26)/t18-,19+/m1/s1. The minimum absolute atomic E-state index is 0.0410. The van der Waals surface area contributed by atoms with E-state index in [9.17, 15) is 19.1 Å². The number of Topliss-reactive ketones (excluding diaryl/α,β-unsaturated/α-hetero) is 1. The van der Waals surface area contributed by atoms with Crippen LogP contribution in [0.25, 0.3) is 0 Å². The normalized spacial score (nSPS) is 20.3. The first-order chi connectivity index (χ1) is 12.7. The van der Waals surface area contributed by atoms with E-state index in [1.165, 1.54) is 24.3 Å². The molecule has 0 fully saturated rings. The van der Waals surface area contributed by atoms with Crippen molar-refractivity contribution in [3.05, 3.63) is 65.0 Å². The van der Waals surface area contributed by atoms with E-state index >= 15 is 0 Å². The highest BCUT2D eigenvalue weighted by Crippen LogP contribution is 2.40. The van der Waals surface area contributed by atoms with Crippen LogP contribution in [-0.4, -0.2) is 28.5 Å². The van der Waals surface area contributed by atoms with Crippen molar-refractivity contribution in [2.24, 2.45) is 0 Å². The number of carbonyl (C=O) groups is 2. The molecular weight excluding hydrogens is 349 g/mol. The Hall–Kier alpha value is -2.73. The molecule has 0 aliphatic carbocycles. The molecule has 0 unspecified atom stereocenters. The number of aliphatic hydroxyl groups is 1. The summed E-state index contributed by atoms with van der Waals surface area (Å²) in [7, 11) is 0. The maximum absolute atomic E-state index is 13.1. The largest absolute Gasteiger partial charge is 0.485 e. The topological polar surface area (TPSA) is 75.6 Å². The zero-order chi connectivity index (χ0) is 19.8. The van der Waals surface area contributed by atoms with Crippen LogP contribution in [0.5, 0.6) is 5.75 Å². The van der Waals surface area contributed by atoms with Gasteiger partial charge < -0.3 is 15.2 Å². The molecule has 0 saturated carbocycles. The molecule has 0 bridgehead atoms. The zero-order valence-corrected chi connectivity index (χ0v) is 15.5. The van der Waals surface area contributed by atoms with E-state index in [0.29, 0.717) is 23.3 Å². The van der Waals surface area contributed by atoms with Gasteiger partial charge in [0.1, 0.15) is 23.3 Å². The quantitative estimate of drug-likeness (QED) is 0.808. The lowest BCUT2D eigenvalue weighted by Crippen LogP contribution is -2.53. The summed E-state index contributed by atoms with van der Waals surface area (Å²) in [6.07, 6.45) is -0.693. The van der Waals surface area contributed by atoms with Crippen molar-refractivity contribution in [3.8, 4) is 5.75 Å². The number of aliphatic hydroxyl groups excluding tert-OH is 1. The maximum atomic E-state index is 13.1. The number of amides is 1. The molecule has 0 spiro atoms. The van der Waals surface area contributed by atoms with Crippen LogP contribution >= 0.6 is 0 Å². The van der Waals surface area contributed by atoms with Gasteiger partial charge in [-0.05, 0) is 56.3 Å². The molecule has 2 N–H and O–H groups in total. The third-order valence-electron chi connectivity index (χ3n) is 4.78. The average Bonchev–Trinajstić information content (AvgIpc) is 2.64. The van der Waals surface area contributed by atoms with Crippen molar-refractivity contribution in [2.75, 3.05) is 0 Å². The molecule has 2 aromatic rings. The Labute approximate surface area is 157 Å². The van der Waals surface area contributed by atoms with Gasteiger partial charge in [0.15, 0.2) is 5.78 Å². The number of hydrogen-bond acceptors (Lipinski definition) is 4. The highest BCUT2D eigenvalue weighted by Gasteiger charge is 2.43. The van der Waals surface area contributed by atoms with E-state index in [4.69, 9.17) is 4.74 Å². The minimum atomic E-state index is -1.04. The molecule has 27 heavy (non-hydrogen) atoms. The van der Waals surface area contributed by atoms with E-state index in [1.54, 1.807) is 39.0 Å². The summed E-state index contributed by atoms with van der Waals surface area (Å²) in [4.78, 5) is 24.7. The Bertz CT molecular complexity index is 876. The fraction of sp³-hybridized carbons (Fsp3) is 0.333. The van der Waals surface area contributed by atoms with Crippen LogP contribution in [0.15, 0.2) is 42.5 Å². The van der Waals surface area contributed by atoms with E-state index in [1.807, 2.05) is 0 Å². The maximum Gasteiger partial charge on any atom is 0.251 e. The van der Waals surface area contributed by atoms with Crippen molar-refractivity contribution in [3.63, 3.8) is 0 Å². The SMILES string of the molecule is CCC(=O)c1ccc2c(c1)[C@@H](NC(=O)c1ccc(F)cc1)[C@H](O)C(C)(C)O2. The van der Waals surface area contributed by atoms with Crippen LogP contribution in [0.3, 0.4) is 0 Å². The Morgan fingerprint density at radius 1 is 1.15 bits per heavy atom. The number of fused-ring (bicyclic) bond motifs is 1. The number of rotatable bonds is 4. The van der Waals surface area contributed by atoms with Gasteiger partial charge in [-0.15, -0.1) is 0 Å². The Balaban J connectivity index is 1.98. The Kier molecular flexibility index (Phi) is 5.02. The van der Waals surface area contributed by atoms with Gasteiger partial charge in [-0.3, -0.25) is 9.59 Å². The van der Waals surface area contributed by atoms with Crippen LogP contribution in [0, 0.1) is 5.82 Å². The van der Waals surface area contributed by atoms with Crippen LogP contribution < -0.4 is 10.1 Å². The number of ketones is 1. The van der Waals surface area contributed by atoms with Gasteiger partial charge in [0.05, 0.1) is 6.04 Å². The van der Waals surface area contributed by atoms with Crippen LogP contribution in [0.1, 0.15) is 59.5 Å². The predicted molar refractivity (Wildman–Crippen MR) is 98.4 cm³/mol. The summed E-state index contributed by atoms with van der Waals surface area (Å²) >= 11 is 0. The van der Waals surface area contributed by atoms with Gasteiger partial charge in [0.2, 0.25) is 0 Å². The first-order valence-electron chi connectivity index (χ1n) is 8.83. The molecule has 142 valence electrons. The number of nitrogens with one attached hydrogen (secondary N) is 1. The van der Waals surface area contributed by atoms with Crippen molar-refractivity contribution in [1.29, 1.82) is 0 Å². The molecule has 0 radical (unpaired) electrons. The summed E-state index contributed by atoms with van der Waals surface area (Å²) in [5.41, 5.74) is 0.365. The molecule has 6 heteroatoms. The van der Waals surface area contributed by atoms with Crippen LogP contribution in [0.2, 0.25) is 0 Å². The van der Waals surface area contributed by atoms with Crippen molar-refractivity contribution in [1.82, 2.24) is 5.32 Å². The molecule has 0 aromatic heterocycles. The second-order valence-corrected chi connectivity index (χ2v) is 7.14. The van der Waals surface area contributed by atoms with E-state index < -0.39 is 29.5 Å². The third kappa shape index (κ3) is 3.71. The average molecular weight is 371 g/mol. The van der Waals surface area contributed by atoms with Crippen molar-refractivity contribution < 1.29 is 23.8 Å². The Morgan fingerprint density at radius 2 is 1.78 bits per heavy atom. The monoisotopic (exact) mass is 371 g/mol. The summed E-state index contributed by atoms with van der Waals surface area (Å²) in [5, 5.41) is 13.6. The minimum Gasteiger partial charge on any atom is -0.485 e. The third-order valence-corrected chi connectivity index (χ3v) is 4.78. The predicted octanol–water partition coefficient (Wildman–Crippen LogP) is 3.42. The molecule has 1 heterocycles. The lowest BCUT2D eigenvalue weighted by molar-refractivity contribution is -0.0627. The lowest BCUT2D eigenvalue weighted by atomic mass is 9.85. The molecule has 5 nitrogen and oxygen atoms in total. The highest BCUT2D eigenvalue weighted by molar-refractivity contribution is 5.97. The highest BCUT2D eigenvalue weighted by atomic mass is 19.1. The number of carbonyl (C=O) groups excluding carboxylic acids is 2. The van der Waals surface area contributed by atoms with Crippen LogP contribution in [-0.2, 0) is 0 Å². The number of benzene rings is 2. The van der Waals surface area contributed by atoms with Crippen LogP contribution in [0.4, 0.5) is 4.39 Å². The van der Waals surface area contributed by atoms with Gasteiger partial charge in [-0.25, -0.2) is 4.39 Å². The molecule has 2 atom stereocenters. The number of halogens is 1. The molecule has 1 aliphatic rings. The van der Waals surface area contributed by atoms with E-state index in [0.717, 1.165) is 0 Å². The Morgan fingerprint density at radius 3 is 2.41 bits per heavy atom. The fourth-order valence-corrected chi connectivity index (χ4v) is 3.16. The van der Waals surface area contributed by atoms with Crippen molar-refractivity contribution in [2.45, 2.75) is 44.9 Å². The molecule has 1 aliphatic heterocycles. The lowest BCUT2D eigenvalue weighted by Gasteiger charge is -2.42. The summed E-state index contributed by atoms with van der Waals surface area (Å²) in [6.45, 7) is 5.22. The van der Waals surface area contributed by atoms with Gasteiger partial charge in [-0.2, -0.15) is 0 Å². The number of ether oxygens (including phenoxy) is 1. The van der Waals surface area contributed by atoms with Gasteiger partial charge in [-0.1, -0.05) is 6.92 Å². The molecule has 0 saturated heterocycles. The molecule has 2 aromatic carbocycles. The van der Waals surface area contributed by atoms with E-state index in [2.05, 4.69) is 5.32 Å². The van der Waals surface area contributed by atoms with Gasteiger partial charge >= 0.3 is 0 Å². The second-order valence-electron chi connectivity index (χ2n) is 7.14. The van der Waals surface area contributed by atoms with Gasteiger partial charge in [0.25, 0.3) is 5.91 Å². The molecular formula is C21H22FNO4. The molecule has 3 rings (SSSR count). The summed E-state index contributed by atoms with van der Waals surface area (Å²) in [6, 6.07) is 9.39.